The van der Waals surface area contributed by atoms with Crippen molar-refractivity contribution in [2.24, 2.45) is 0 Å². The molecule has 0 saturated carbocycles. The normalized spacial score (nSPS) is 15.8. The minimum Gasteiger partial charge on any atom is -0.314 e. The highest BCUT2D eigenvalue weighted by atomic mass is 35.5. The van der Waals surface area contributed by atoms with E-state index in [1.54, 1.807) is 0 Å². The van der Waals surface area contributed by atoms with Crippen molar-refractivity contribution >= 4 is 66.1 Å². The number of hydrogen-bond donors (Lipinski definition) is 1. The highest BCUT2D eigenvalue weighted by molar-refractivity contribution is 7.91. The van der Waals surface area contributed by atoms with Gasteiger partial charge >= 0.3 is 0 Å². The third-order valence-corrected chi connectivity index (χ3v) is 7.66. The molecule has 0 aliphatic carbocycles. The van der Waals surface area contributed by atoms with Crippen LogP contribution < -0.4 is 5.32 Å². The van der Waals surface area contributed by atoms with Crippen LogP contribution in [0.15, 0.2) is 0 Å². The standard InChI is InChI=1S/C10H19Cl4NO4S2/c11-1-3-20(16,17)7-9(13)5-15-6-10(14)8-21(18,19)4-2-12/h9-10,15H,1-8H2. The molecule has 128 valence electrons. The molecule has 0 aromatic rings. The van der Waals surface area contributed by atoms with Gasteiger partial charge in [0.2, 0.25) is 0 Å². The molecule has 2 atom stereocenters. The third kappa shape index (κ3) is 12.1. The highest BCUT2D eigenvalue weighted by Crippen LogP contribution is 2.05. The van der Waals surface area contributed by atoms with Crippen molar-refractivity contribution in [2.75, 3.05) is 47.9 Å². The van der Waals surface area contributed by atoms with Gasteiger partial charge in [-0.3, -0.25) is 0 Å². The zero-order valence-corrected chi connectivity index (χ0v) is 15.9. The molecule has 5 nitrogen and oxygen atoms in total. The molecule has 0 amide bonds. The summed E-state index contributed by atoms with van der Waals surface area (Å²) in [6.45, 7) is 0.420. The lowest BCUT2D eigenvalue weighted by Crippen LogP contribution is -2.35. The third-order valence-electron chi connectivity index (χ3n) is 2.38. The molecule has 2 unspecified atom stereocenters. The van der Waals surface area contributed by atoms with Crippen molar-refractivity contribution < 1.29 is 16.8 Å². The average molecular weight is 423 g/mol. The van der Waals surface area contributed by atoms with Crippen LogP contribution in [0.5, 0.6) is 0 Å². The molecule has 0 radical (unpaired) electrons. The number of halogens is 4. The van der Waals surface area contributed by atoms with Crippen molar-refractivity contribution in [1.29, 1.82) is 0 Å². The fourth-order valence-electron chi connectivity index (χ4n) is 1.47. The minimum atomic E-state index is -3.27. The maximum absolute atomic E-state index is 11.5. The number of rotatable bonds is 12. The lowest BCUT2D eigenvalue weighted by Gasteiger charge is -2.14. The van der Waals surface area contributed by atoms with Crippen LogP contribution >= 0.6 is 46.4 Å². The van der Waals surface area contributed by atoms with Gasteiger partial charge in [0.1, 0.15) is 0 Å². The van der Waals surface area contributed by atoms with Gasteiger partial charge in [0.15, 0.2) is 19.7 Å². The molecule has 1 N–H and O–H groups in total. The van der Waals surface area contributed by atoms with Crippen LogP contribution in [0.25, 0.3) is 0 Å². The van der Waals surface area contributed by atoms with Crippen molar-refractivity contribution in [1.82, 2.24) is 5.32 Å². The molecule has 0 rings (SSSR count). The summed E-state index contributed by atoms with van der Waals surface area (Å²) in [5.74, 6) is -0.556. The Labute approximate surface area is 146 Å². The molecule has 0 bridgehead atoms. The average Bonchev–Trinajstić information content (AvgIpc) is 2.26. The van der Waals surface area contributed by atoms with E-state index in [1.165, 1.54) is 0 Å². The maximum Gasteiger partial charge on any atom is 0.152 e. The van der Waals surface area contributed by atoms with Crippen molar-refractivity contribution in [3.63, 3.8) is 0 Å². The monoisotopic (exact) mass is 421 g/mol. The van der Waals surface area contributed by atoms with Crippen molar-refractivity contribution in [3.8, 4) is 0 Å². The van der Waals surface area contributed by atoms with Crippen LogP contribution in [-0.2, 0) is 19.7 Å². The predicted octanol–water partition coefficient (Wildman–Crippen LogP) is 1.10. The quantitative estimate of drug-likeness (QED) is 0.476. The summed E-state index contributed by atoms with van der Waals surface area (Å²) < 4.78 is 45.9. The summed E-state index contributed by atoms with van der Waals surface area (Å²) in [7, 11) is -6.53. The van der Waals surface area contributed by atoms with E-state index in [9.17, 15) is 16.8 Å². The van der Waals surface area contributed by atoms with Gasteiger partial charge in [-0.15, -0.1) is 46.4 Å². The molecule has 0 aromatic heterocycles. The Morgan fingerprint density at radius 2 is 1.10 bits per heavy atom. The molecule has 0 aliphatic heterocycles. The highest BCUT2D eigenvalue weighted by Gasteiger charge is 2.19. The molecular weight excluding hydrogens is 404 g/mol. The fourth-order valence-corrected chi connectivity index (χ4v) is 6.39. The van der Waals surface area contributed by atoms with Crippen LogP contribution in [-0.4, -0.2) is 75.5 Å². The van der Waals surface area contributed by atoms with Gasteiger partial charge in [0, 0.05) is 24.8 Å². The first-order valence-corrected chi connectivity index (χ1v) is 11.7. The zero-order valence-electron chi connectivity index (χ0n) is 11.3. The smallest absolute Gasteiger partial charge is 0.152 e. The lowest BCUT2D eigenvalue weighted by atomic mass is 10.4. The Morgan fingerprint density at radius 3 is 1.38 bits per heavy atom. The summed E-state index contributed by atoms with van der Waals surface area (Å²) >= 11 is 22.6. The maximum atomic E-state index is 11.5. The van der Waals surface area contributed by atoms with E-state index in [1.807, 2.05) is 0 Å². The minimum absolute atomic E-state index is 0.0293. The van der Waals surface area contributed by atoms with Crippen molar-refractivity contribution in [3.05, 3.63) is 0 Å². The number of sulfone groups is 2. The fraction of sp³-hybridized carbons (Fsp3) is 1.00. The molecule has 0 saturated heterocycles. The van der Waals surface area contributed by atoms with E-state index in [-0.39, 0.29) is 47.9 Å². The Hall–Kier alpha value is 1.02. The first-order chi connectivity index (χ1) is 9.62. The SMILES string of the molecule is O=S(=O)(CCCl)CC(Cl)CNCC(Cl)CS(=O)(=O)CCCl. The van der Waals surface area contributed by atoms with Crippen LogP contribution in [0.2, 0.25) is 0 Å². The van der Waals surface area contributed by atoms with E-state index in [0.29, 0.717) is 0 Å². The van der Waals surface area contributed by atoms with Gasteiger partial charge in [0.05, 0.1) is 33.8 Å². The number of hydrogen-bond acceptors (Lipinski definition) is 5. The van der Waals surface area contributed by atoms with Crippen LogP contribution in [0, 0.1) is 0 Å². The second-order valence-corrected chi connectivity index (χ2v) is 10.9. The Morgan fingerprint density at radius 1 is 0.762 bits per heavy atom. The molecule has 0 aromatic carbocycles. The van der Waals surface area contributed by atoms with Gasteiger partial charge in [-0.2, -0.15) is 0 Å². The number of nitrogens with one attached hydrogen (secondary N) is 1. The molecule has 11 heteroatoms. The zero-order chi connectivity index (χ0) is 16.5. The molecule has 0 spiro atoms. The predicted molar refractivity (Wildman–Crippen MR) is 90.9 cm³/mol. The van der Waals surface area contributed by atoms with Gasteiger partial charge in [0.25, 0.3) is 0 Å². The summed E-state index contributed by atoms with van der Waals surface area (Å²) in [5, 5.41) is 1.61. The van der Waals surface area contributed by atoms with E-state index < -0.39 is 30.4 Å². The topological polar surface area (TPSA) is 80.3 Å². The Balaban J connectivity index is 4.03. The first-order valence-electron chi connectivity index (χ1n) is 6.13. The summed E-state index contributed by atoms with van der Waals surface area (Å²) in [6.07, 6.45) is 0. The molecular formula is C10H19Cl4NO4S2. The van der Waals surface area contributed by atoms with Crippen LogP contribution in [0.3, 0.4) is 0 Å². The van der Waals surface area contributed by atoms with Crippen LogP contribution in [0.4, 0.5) is 0 Å². The molecule has 21 heavy (non-hydrogen) atoms. The number of alkyl halides is 4. The Kier molecular flexibility index (Phi) is 11.3. The summed E-state index contributed by atoms with van der Waals surface area (Å²) in [6, 6.07) is 0. The van der Waals surface area contributed by atoms with E-state index >= 15 is 0 Å². The lowest BCUT2D eigenvalue weighted by molar-refractivity contribution is 0.587. The van der Waals surface area contributed by atoms with Gasteiger partial charge < -0.3 is 5.32 Å². The van der Waals surface area contributed by atoms with E-state index in [0.717, 1.165) is 0 Å². The van der Waals surface area contributed by atoms with Crippen LogP contribution in [0.1, 0.15) is 0 Å². The van der Waals surface area contributed by atoms with Crippen molar-refractivity contribution in [2.45, 2.75) is 10.8 Å². The Bertz CT molecular complexity index is 439. The first kappa shape index (κ1) is 22.0. The molecule has 0 heterocycles. The van der Waals surface area contributed by atoms with E-state index in [4.69, 9.17) is 46.4 Å². The van der Waals surface area contributed by atoms with E-state index in [2.05, 4.69) is 5.32 Å². The second kappa shape index (κ2) is 10.7. The van der Waals surface area contributed by atoms with Gasteiger partial charge in [-0.1, -0.05) is 0 Å². The second-order valence-electron chi connectivity index (χ2n) is 4.46. The van der Waals surface area contributed by atoms with Gasteiger partial charge in [-0.25, -0.2) is 16.8 Å². The summed E-state index contributed by atoms with van der Waals surface area (Å²) in [5.41, 5.74) is 0. The molecule has 0 aliphatic rings. The van der Waals surface area contributed by atoms with Gasteiger partial charge in [-0.05, 0) is 0 Å². The largest absolute Gasteiger partial charge is 0.314 e. The molecule has 0 fully saturated rings. The summed E-state index contributed by atoms with van der Waals surface area (Å²) in [4.78, 5) is 0.